The number of carbonyl (C=O) groups excluding carboxylic acids is 2. The number of nitrogens with zero attached hydrogens (tertiary/aromatic N) is 1. The Kier molecular flexibility index (Phi) is 5.33. The van der Waals surface area contributed by atoms with Crippen molar-refractivity contribution in [3.8, 4) is 0 Å². The molecule has 2 N–H and O–H groups in total. The van der Waals surface area contributed by atoms with Gasteiger partial charge >= 0.3 is 0 Å². The lowest BCUT2D eigenvalue weighted by atomic mass is 10.0. The zero-order valence-electron chi connectivity index (χ0n) is 12.7. The molecule has 2 amide bonds. The summed E-state index contributed by atoms with van der Waals surface area (Å²) in [5.74, 6) is -0.187. The molecule has 0 spiro atoms. The van der Waals surface area contributed by atoms with E-state index in [0.29, 0.717) is 23.8 Å². The molecule has 1 aromatic rings. The predicted octanol–water partition coefficient (Wildman–Crippen LogP) is 1.86. The van der Waals surface area contributed by atoms with Crippen molar-refractivity contribution in [3.05, 3.63) is 29.8 Å². The number of hydrogen-bond acceptors (Lipinski definition) is 3. The first-order valence-corrected chi connectivity index (χ1v) is 7.46. The Morgan fingerprint density at radius 1 is 1.33 bits per heavy atom. The van der Waals surface area contributed by atoms with E-state index in [1.165, 1.54) is 6.42 Å². The van der Waals surface area contributed by atoms with Crippen molar-refractivity contribution in [1.82, 2.24) is 10.2 Å². The van der Waals surface area contributed by atoms with Crippen molar-refractivity contribution in [2.45, 2.75) is 32.2 Å². The minimum atomic E-state index is -0.157. The largest absolute Gasteiger partial charge is 0.355 e. The molecule has 21 heavy (non-hydrogen) atoms. The lowest BCUT2D eigenvalue weighted by Crippen LogP contribution is -2.42. The second-order valence-electron chi connectivity index (χ2n) is 5.52. The van der Waals surface area contributed by atoms with Crippen molar-refractivity contribution in [3.63, 3.8) is 0 Å². The van der Waals surface area contributed by atoms with Crippen LogP contribution in [0.4, 0.5) is 5.69 Å². The molecule has 1 heterocycles. The molecule has 0 aliphatic carbocycles. The summed E-state index contributed by atoms with van der Waals surface area (Å²) in [5, 5.41) is 5.44. The number of amides is 2. The molecule has 1 atom stereocenters. The number of likely N-dealkylation sites (tertiary alicyclic amines) is 1. The van der Waals surface area contributed by atoms with Crippen LogP contribution in [0.3, 0.4) is 0 Å². The Labute approximate surface area is 125 Å². The van der Waals surface area contributed by atoms with Crippen LogP contribution in [0.2, 0.25) is 0 Å². The molecule has 5 nitrogen and oxygen atoms in total. The van der Waals surface area contributed by atoms with E-state index in [9.17, 15) is 9.59 Å². The maximum atomic E-state index is 12.1. The maximum absolute atomic E-state index is 12.1. The molecule has 1 fully saturated rings. The van der Waals surface area contributed by atoms with E-state index >= 15 is 0 Å². The summed E-state index contributed by atoms with van der Waals surface area (Å²) in [4.78, 5) is 25.9. The van der Waals surface area contributed by atoms with E-state index < -0.39 is 0 Å². The Balaban J connectivity index is 1.94. The predicted molar refractivity (Wildman–Crippen MR) is 83.3 cm³/mol. The summed E-state index contributed by atoms with van der Waals surface area (Å²) in [7, 11) is 1.59. The van der Waals surface area contributed by atoms with E-state index in [-0.39, 0.29) is 11.8 Å². The molecule has 1 unspecified atom stereocenters. The molecule has 0 aromatic heterocycles. The molecule has 2 rings (SSSR count). The summed E-state index contributed by atoms with van der Waals surface area (Å²) in [5.41, 5.74) is 1.20. The Bertz CT molecular complexity index is 516. The third kappa shape index (κ3) is 4.29. The summed E-state index contributed by atoms with van der Waals surface area (Å²) in [6.45, 7) is 3.55. The first kappa shape index (κ1) is 15.5. The topological polar surface area (TPSA) is 61.4 Å². The Morgan fingerprint density at radius 3 is 2.86 bits per heavy atom. The van der Waals surface area contributed by atoms with E-state index in [2.05, 4.69) is 22.5 Å². The number of anilines is 1. The zero-order chi connectivity index (χ0) is 15.2. The highest BCUT2D eigenvalue weighted by atomic mass is 16.2. The third-order valence-corrected chi connectivity index (χ3v) is 3.92. The Hall–Kier alpha value is -1.88. The van der Waals surface area contributed by atoms with Gasteiger partial charge in [0.25, 0.3) is 5.91 Å². The SMILES string of the molecule is CNC(=O)c1cccc(NC(=O)CN2CCCCC2C)c1. The number of rotatable bonds is 4. The van der Waals surface area contributed by atoms with Crippen molar-refractivity contribution in [1.29, 1.82) is 0 Å². The van der Waals surface area contributed by atoms with Gasteiger partial charge in [0.1, 0.15) is 0 Å². The van der Waals surface area contributed by atoms with E-state index in [4.69, 9.17) is 0 Å². The smallest absolute Gasteiger partial charge is 0.251 e. The van der Waals surface area contributed by atoms with Crippen LogP contribution in [0, 0.1) is 0 Å². The Morgan fingerprint density at radius 2 is 2.14 bits per heavy atom. The van der Waals surface area contributed by atoms with Gasteiger partial charge in [0.15, 0.2) is 0 Å². The van der Waals surface area contributed by atoms with Gasteiger partial charge < -0.3 is 10.6 Å². The molecule has 0 radical (unpaired) electrons. The molecule has 5 heteroatoms. The first-order chi connectivity index (χ1) is 10.1. The molecule has 114 valence electrons. The van der Waals surface area contributed by atoms with Crippen molar-refractivity contribution < 1.29 is 9.59 Å². The van der Waals surface area contributed by atoms with Crippen LogP contribution < -0.4 is 10.6 Å². The number of carbonyl (C=O) groups is 2. The first-order valence-electron chi connectivity index (χ1n) is 7.46. The van der Waals surface area contributed by atoms with E-state index in [0.717, 1.165) is 19.4 Å². The van der Waals surface area contributed by atoms with Gasteiger partial charge in [-0.1, -0.05) is 12.5 Å². The second-order valence-corrected chi connectivity index (χ2v) is 5.52. The highest BCUT2D eigenvalue weighted by Gasteiger charge is 2.20. The molecule has 0 saturated carbocycles. The zero-order valence-corrected chi connectivity index (χ0v) is 12.7. The fraction of sp³-hybridized carbons (Fsp3) is 0.500. The third-order valence-electron chi connectivity index (χ3n) is 3.92. The summed E-state index contributed by atoms with van der Waals surface area (Å²) in [6, 6.07) is 7.44. The summed E-state index contributed by atoms with van der Waals surface area (Å²) >= 11 is 0. The second kappa shape index (κ2) is 7.22. The van der Waals surface area contributed by atoms with Gasteiger partial charge in [0, 0.05) is 24.3 Å². The van der Waals surface area contributed by atoms with Crippen LogP contribution >= 0.6 is 0 Å². The van der Waals surface area contributed by atoms with E-state index in [1.54, 1.807) is 31.3 Å². The van der Waals surface area contributed by atoms with Crippen LogP contribution in [-0.2, 0) is 4.79 Å². The normalized spacial score (nSPS) is 19.0. The van der Waals surface area contributed by atoms with Gasteiger partial charge in [0.05, 0.1) is 6.54 Å². The van der Waals surface area contributed by atoms with Gasteiger partial charge in [-0.05, 0) is 44.5 Å². The van der Waals surface area contributed by atoms with Crippen LogP contribution in [-0.4, -0.2) is 42.9 Å². The molecular weight excluding hydrogens is 266 g/mol. The van der Waals surface area contributed by atoms with E-state index in [1.807, 2.05) is 0 Å². The number of hydrogen-bond donors (Lipinski definition) is 2. The molecular formula is C16H23N3O2. The summed E-state index contributed by atoms with van der Waals surface area (Å²) < 4.78 is 0. The minimum Gasteiger partial charge on any atom is -0.355 e. The van der Waals surface area contributed by atoms with Gasteiger partial charge in [-0.3, -0.25) is 14.5 Å². The molecule has 1 saturated heterocycles. The van der Waals surface area contributed by atoms with Crippen molar-refractivity contribution >= 4 is 17.5 Å². The van der Waals surface area contributed by atoms with Gasteiger partial charge in [0.2, 0.25) is 5.91 Å². The van der Waals surface area contributed by atoms with Gasteiger partial charge in [-0.2, -0.15) is 0 Å². The van der Waals surface area contributed by atoms with Gasteiger partial charge in [-0.15, -0.1) is 0 Å². The van der Waals surface area contributed by atoms with Crippen LogP contribution in [0.1, 0.15) is 36.5 Å². The lowest BCUT2D eigenvalue weighted by molar-refractivity contribution is -0.118. The summed E-state index contributed by atoms with van der Waals surface area (Å²) in [6.07, 6.45) is 3.55. The monoisotopic (exact) mass is 289 g/mol. The highest BCUT2D eigenvalue weighted by Crippen LogP contribution is 2.16. The quantitative estimate of drug-likeness (QED) is 0.889. The maximum Gasteiger partial charge on any atom is 0.251 e. The lowest BCUT2D eigenvalue weighted by Gasteiger charge is -2.32. The molecule has 1 aliphatic heterocycles. The number of piperidine rings is 1. The fourth-order valence-corrected chi connectivity index (χ4v) is 2.66. The van der Waals surface area contributed by atoms with Crippen LogP contribution in [0.25, 0.3) is 0 Å². The molecule has 0 bridgehead atoms. The fourth-order valence-electron chi connectivity index (χ4n) is 2.66. The number of benzene rings is 1. The van der Waals surface area contributed by atoms with Crippen molar-refractivity contribution in [2.24, 2.45) is 0 Å². The molecule has 1 aromatic carbocycles. The number of nitrogens with one attached hydrogen (secondary N) is 2. The van der Waals surface area contributed by atoms with Gasteiger partial charge in [-0.25, -0.2) is 0 Å². The average molecular weight is 289 g/mol. The standard InChI is InChI=1S/C16H23N3O2/c1-12-6-3-4-9-19(12)11-15(20)18-14-8-5-7-13(10-14)16(21)17-2/h5,7-8,10,12H,3-4,6,9,11H2,1-2H3,(H,17,21)(H,18,20). The molecule has 1 aliphatic rings. The van der Waals surface area contributed by atoms with Crippen LogP contribution in [0.15, 0.2) is 24.3 Å². The van der Waals surface area contributed by atoms with Crippen LogP contribution in [0.5, 0.6) is 0 Å². The van der Waals surface area contributed by atoms with Crippen molar-refractivity contribution in [2.75, 3.05) is 25.5 Å². The average Bonchev–Trinajstić information content (AvgIpc) is 2.49. The minimum absolute atomic E-state index is 0.0298. The highest BCUT2D eigenvalue weighted by molar-refractivity contribution is 5.97.